The van der Waals surface area contributed by atoms with Crippen LogP contribution in [0.25, 0.3) is 0 Å². The Kier molecular flexibility index (Phi) is 5.54. The van der Waals surface area contributed by atoms with Crippen molar-refractivity contribution in [2.75, 3.05) is 5.32 Å². The average Bonchev–Trinajstić information content (AvgIpc) is 2.97. The fraction of sp³-hybridized carbons (Fsp3) is 0.0588. The summed E-state index contributed by atoms with van der Waals surface area (Å²) in [6.07, 6.45) is 1.74. The average molecular weight is 415 g/mol. The molecule has 0 spiro atoms. The van der Waals surface area contributed by atoms with Crippen LogP contribution in [-0.2, 0) is 6.54 Å². The van der Waals surface area contributed by atoms with Crippen molar-refractivity contribution in [1.82, 2.24) is 9.78 Å². The molecule has 4 nitrogen and oxygen atoms in total. The molecule has 25 heavy (non-hydrogen) atoms. The number of nitrogens with one attached hydrogen (secondary N) is 1. The lowest BCUT2D eigenvalue weighted by molar-refractivity contribution is 0.102. The molecule has 8 heteroatoms. The topological polar surface area (TPSA) is 46.9 Å². The Morgan fingerprint density at radius 3 is 2.32 bits per heavy atom. The van der Waals surface area contributed by atoms with Gasteiger partial charge < -0.3 is 5.32 Å². The van der Waals surface area contributed by atoms with Gasteiger partial charge in [0.1, 0.15) is 0 Å². The zero-order chi connectivity index (χ0) is 18.0. The molecule has 3 aromatic rings. The summed E-state index contributed by atoms with van der Waals surface area (Å²) in [4.78, 5) is 12.3. The van der Waals surface area contributed by atoms with Gasteiger partial charge in [-0.3, -0.25) is 9.48 Å². The van der Waals surface area contributed by atoms with E-state index in [1.54, 1.807) is 41.2 Å². The Hall–Kier alpha value is -1.72. The van der Waals surface area contributed by atoms with Crippen molar-refractivity contribution in [1.29, 1.82) is 0 Å². The molecule has 1 N–H and O–H groups in total. The summed E-state index contributed by atoms with van der Waals surface area (Å²) >= 11 is 23.9. The van der Waals surface area contributed by atoms with Gasteiger partial charge in [0.15, 0.2) is 5.82 Å². The smallest absolute Gasteiger partial charge is 0.258 e. The molecule has 0 atom stereocenters. The highest BCUT2D eigenvalue weighted by molar-refractivity contribution is 6.37. The molecule has 1 aromatic heterocycles. The number of nitrogens with zero attached hydrogens (tertiary/aromatic N) is 2. The third-order valence-corrected chi connectivity index (χ3v) is 4.54. The third-order valence-electron chi connectivity index (χ3n) is 3.41. The van der Waals surface area contributed by atoms with Gasteiger partial charge in [-0.15, -0.1) is 0 Å². The van der Waals surface area contributed by atoms with E-state index < -0.39 is 0 Å². The molecule has 0 aliphatic rings. The first kappa shape index (κ1) is 18.1. The number of hydrogen-bond acceptors (Lipinski definition) is 2. The van der Waals surface area contributed by atoms with Gasteiger partial charge in [0.05, 0.1) is 17.1 Å². The number of amides is 1. The maximum Gasteiger partial charge on any atom is 0.258 e. The summed E-state index contributed by atoms with van der Waals surface area (Å²) in [5.41, 5.74) is 1.19. The van der Waals surface area contributed by atoms with Gasteiger partial charge in [0.2, 0.25) is 0 Å². The number of carbonyl (C=O) groups is 1. The van der Waals surface area contributed by atoms with E-state index in [1.807, 2.05) is 6.07 Å². The number of aromatic nitrogens is 2. The molecule has 2 aromatic carbocycles. The molecule has 0 saturated carbocycles. The molecule has 1 heterocycles. The summed E-state index contributed by atoms with van der Waals surface area (Å²) in [6, 6.07) is 11.6. The highest BCUT2D eigenvalue weighted by Gasteiger charge is 2.12. The van der Waals surface area contributed by atoms with Crippen LogP contribution in [0.5, 0.6) is 0 Å². The van der Waals surface area contributed by atoms with E-state index in [0.717, 1.165) is 5.56 Å². The van der Waals surface area contributed by atoms with Gasteiger partial charge in [0.25, 0.3) is 5.91 Å². The maximum atomic E-state index is 12.3. The van der Waals surface area contributed by atoms with Crippen LogP contribution in [0.15, 0.2) is 48.7 Å². The fourth-order valence-electron chi connectivity index (χ4n) is 2.20. The van der Waals surface area contributed by atoms with E-state index in [1.165, 1.54) is 6.07 Å². The first-order valence-corrected chi connectivity index (χ1v) is 8.67. The van der Waals surface area contributed by atoms with Crippen molar-refractivity contribution < 1.29 is 4.79 Å². The minimum Gasteiger partial charge on any atom is -0.305 e. The number of rotatable bonds is 4. The lowest BCUT2D eigenvalue weighted by Crippen LogP contribution is -2.13. The second-order valence-electron chi connectivity index (χ2n) is 5.21. The third kappa shape index (κ3) is 4.47. The predicted octanol–water partition coefficient (Wildman–Crippen LogP) is 5.80. The fourth-order valence-corrected chi connectivity index (χ4v) is 3.16. The Morgan fingerprint density at radius 2 is 1.64 bits per heavy atom. The second kappa shape index (κ2) is 7.67. The lowest BCUT2D eigenvalue weighted by Gasteiger charge is -2.06. The predicted molar refractivity (Wildman–Crippen MR) is 102 cm³/mol. The second-order valence-corrected chi connectivity index (χ2v) is 6.90. The molecule has 0 aliphatic heterocycles. The van der Waals surface area contributed by atoms with Crippen molar-refractivity contribution >= 4 is 58.1 Å². The maximum absolute atomic E-state index is 12.3. The number of halogens is 4. The molecular weight excluding hydrogens is 404 g/mol. The SMILES string of the molecule is O=C(Nc1ccn(Cc2ccc(Cl)cc2Cl)n1)c1ccc(Cl)cc1Cl. The molecule has 128 valence electrons. The van der Waals surface area contributed by atoms with Crippen LogP contribution < -0.4 is 5.32 Å². The molecule has 0 unspecified atom stereocenters. The van der Waals surface area contributed by atoms with Gasteiger partial charge >= 0.3 is 0 Å². The minimum absolute atomic E-state index is 0.275. The van der Waals surface area contributed by atoms with E-state index in [-0.39, 0.29) is 10.9 Å². The zero-order valence-electron chi connectivity index (χ0n) is 12.6. The van der Waals surface area contributed by atoms with Gasteiger partial charge in [-0.1, -0.05) is 52.5 Å². The first-order valence-electron chi connectivity index (χ1n) is 7.16. The summed E-state index contributed by atoms with van der Waals surface area (Å²) < 4.78 is 1.66. The summed E-state index contributed by atoms with van der Waals surface area (Å²) in [5.74, 6) is 0.0394. The monoisotopic (exact) mass is 413 g/mol. The largest absolute Gasteiger partial charge is 0.305 e. The number of benzene rings is 2. The van der Waals surface area contributed by atoms with Crippen molar-refractivity contribution in [3.05, 3.63) is 79.9 Å². The molecule has 0 radical (unpaired) electrons. The van der Waals surface area contributed by atoms with E-state index in [2.05, 4.69) is 10.4 Å². The Labute approximate surface area is 164 Å². The molecule has 0 fully saturated rings. The minimum atomic E-state index is -0.364. The van der Waals surface area contributed by atoms with E-state index >= 15 is 0 Å². The Balaban J connectivity index is 1.72. The molecule has 0 saturated heterocycles. The number of anilines is 1. The van der Waals surface area contributed by atoms with Crippen LogP contribution in [-0.4, -0.2) is 15.7 Å². The van der Waals surface area contributed by atoms with Gasteiger partial charge in [-0.2, -0.15) is 5.10 Å². The van der Waals surface area contributed by atoms with Crippen LogP contribution in [0.1, 0.15) is 15.9 Å². The Morgan fingerprint density at radius 1 is 0.960 bits per heavy atom. The van der Waals surface area contributed by atoms with Gasteiger partial charge in [0, 0.05) is 27.3 Å². The first-order chi connectivity index (χ1) is 11.9. The van der Waals surface area contributed by atoms with Gasteiger partial charge in [-0.25, -0.2) is 0 Å². The molecular formula is C17H11Cl4N3O. The molecule has 1 amide bonds. The lowest BCUT2D eigenvalue weighted by atomic mass is 10.2. The summed E-state index contributed by atoms with van der Waals surface area (Å²) in [7, 11) is 0. The van der Waals surface area contributed by atoms with Crippen LogP contribution in [0.3, 0.4) is 0 Å². The normalized spacial score (nSPS) is 10.7. The molecule has 0 aliphatic carbocycles. The summed E-state index contributed by atoms with van der Waals surface area (Å²) in [5, 5.41) is 8.87. The standard InChI is InChI=1S/C17H11Cl4N3O/c18-11-2-1-10(14(20)7-11)9-24-6-5-16(23-24)22-17(25)13-4-3-12(19)8-15(13)21/h1-8H,9H2,(H,22,23,25). The van der Waals surface area contributed by atoms with Crippen molar-refractivity contribution in [2.45, 2.75) is 6.54 Å². The van der Waals surface area contributed by atoms with Gasteiger partial charge in [-0.05, 0) is 35.9 Å². The van der Waals surface area contributed by atoms with Crippen LogP contribution >= 0.6 is 46.4 Å². The van der Waals surface area contributed by atoms with Crippen molar-refractivity contribution in [3.63, 3.8) is 0 Å². The summed E-state index contributed by atoms with van der Waals surface area (Å²) in [6.45, 7) is 0.452. The Bertz CT molecular complexity index is 939. The van der Waals surface area contributed by atoms with Crippen molar-refractivity contribution in [2.24, 2.45) is 0 Å². The van der Waals surface area contributed by atoms with Crippen LogP contribution in [0.2, 0.25) is 20.1 Å². The van der Waals surface area contributed by atoms with Crippen LogP contribution in [0.4, 0.5) is 5.82 Å². The van der Waals surface area contributed by atoms with E-state index in [0.29, 0.717) is 33.0 Å². The quantitative estimate of drug-likeness (QED) is 0.586. The van der Waals surface area contributed by atoms with Crippen molar-refractivity contribution in [3.8, 4) is 0 Å². The number of hydrogen-bond donors (Lipinski definition) is 1. The highest BCUT2D eigenvalue weighted by Crippen LogP contribution is 2.23. The van der Waals surface area contributed by atoms with E-state index in [4.69, 9.17) is 46.4 Å². The highest BCUT2D eigenvalue weighted by atomic mass is 35.5. The van der Waals surface area contributed by atoms with Crippen LogP contribution in [0, 0.1) is 0 Å². The number of carbonyl (C=O) groups excluding carboxylic acids is 1. The molecule has 0 bridgehead atoms. The van der Waals surface area contributed by atoms with E-state index in [9.17, 15) is 4.79 Å². The zero-order valence-corrected chi connectivity index (χ0v) is 15.7. The molecule has 3 rings (SSSR count).